The number of ether oxygens (including phenoxy) is 3. The molecule has 1 N–H and O–H groups in total. The molecular weight excluding hydrogens is 318 g/mol. The van der Waals surface area contributed by atoms with Gasteiger partial charge in [-0.15, -0.1) is 0 Å². The smallest absolute Gasteiger partial charge is 0.251 e. The van der Waals surface area contributed by atoms with E-state index in [2.05, 4.69) is 11.4 Å². The third kappa shape index (κ3) is 3.40. The Bertz CT molecular complexity index is 786. The molecular formula is C20H23NO4. The summed E-state index contributed by atoms with van der Waals surface area (Å²) in [7, 11) is 4.71. The first-order chi connectivity index (χ1) is 12.2. The molecule has 1 aliphatic carbocycles. The minimum atomic E-state index is -0.0912. The second kappa shape index (κ2) is 7.47. The molecule has 2 aromatic carbocycles. The fourth-order valence-electron chi connectivity index (χ4n) is 3.29. The van der Waals surface area contributed by atoms with Gasteiger partial charge in [-0.1, -0.05) is 6.07 Å². The van der Waals surface area contributed by atoms with Crippen LogP contribution in [0.4, 0.5) is 0 Å². The topological polar surface area (TPSA) is 56.8 Å². The lowest BCUT2D eigenvalue weighted by Crippen LogP contribution is -2.23. The Morgan fingerprint density at radius 3 is 2.44 bits per heavy atom. The van der Waals surface area contributed by atoms with E-state index in [0.717, 1.165) is 18.4 Å². The Labute approximate surface area is 147 Å². The highest BCUT2D eigenvalue weighted by Gasteiger charge is 2.17. The fourth-order valence-corrected chi connectivity index (χ4v) is 3.29. The number of hydrogen-bond acceptors (Lipinski definition) is 4. The summed E-state index contributed by atoms with van der Waals surface area (Å²) < 4.78 is 16.1. The van der Waals surface area contributed by atoms with Crippen LogP contribution >= 0.6 is 0 Å². The molecule has 0 aromatic heterocycles. The summed E-state index contributed by atoms with van der Waals surface area (Å²) in [6.07, 6.45) is 3.34. The summed E-state index contributed by atoms with van der Waals surface area (Å²) in [5.74, 6) is 1.59. The molecule has 0 bridgehead atoms. The van der Waals surface area contributed by atoms with Crippen molar-refractivity contribution in [2.75, 3.05) is 21.3 Å². The third-order valence-corrected chi connectivity index (χ3v) is 4.59. The van der Waals surface area contributed by atoms with Crippen molar-refractivity contribution in [2.24, 2.45) is 0 Å². The molecule has 0 spiro atoms. The molecule has 0 atom stereocenters. The van der Waals surface area contributed by atoms with E-state index in [-0.39, 0.29) is 5.91 Å². The predicted octanol–water partition coefficient (Wildman–Crippen LogP) is 3.13. The van der Waals surface area contributed by atoms with E-state index >= 15 is 0 Å². The van der Waals surface area contributed by atoms with Crippen LogP contribution in [0.3, 0.4) is 0 Å². The van der Waals surface area contributed by atoms with Crippen LogP contribution < -0.4 is 19.5 Å². The van der Waals surface area contributed by atoms with Crippen molar-refractivity contribution in [1.82, 2.24) is 5.32 Å². The van der Waals surface area contributed by atoms with Crippen molar-refractivity contribution in [3.63, 3.8) is 0 Å². The summed E-state index contributed by atoms with van der Waals surface area (Å²) >= 11 is 0. The fraction of sp³-hybridized carbons (Fsp3) is 0.350. The first-order valence-electron chi connectivity index (χ1n) is 8.35. The van der Waals surface area contributed by atoms with Crippen molar-refractivity contribution in [2.45, 2.75) is 25.8 Å². The number of rotatable bonds is 6. The molecule has 0 unspecified atom stereocenters. The monoisotopic (exact) mass is 341 g/mol. The standard InChI is InChI=1S/C20H23NO4/c1-23-17-10-9-16(18(24-2)19(17)25-3)12-21-20(22)15-8-7-13-5-4-6-14(13)11-15/h7-11H,4-6,12H2,1-3H3,(H,21,22). The molecule has 3 rings (SSSR count). The minimum absolute atomic E-state index is 0.0912. The Kier molecular flexibility index (Phi) is 5.12. The number of nitrogens with one attached hydrogen (secondary N) is 1. The van der Waals surface area contributed by atoms with Gasteiger partial charge in [-0.3, -0.25) is 4.79 Å². The Morgan fingerprint density at radius 2 is 1.72 bits per heavy atom. The maximum absolute atomic E-state index is 12.5. The number of carbonyl (C=O) groups is 1. The average molecular weight is 341 g/mol. The van der Waals surface area contributed by atoms with Crippen LogP contribution in [-0.4, -0.2) is 27.2 Å². The van der Waals surface area contributed by atoms with Crippen molar-refractivity contribution in [1.29, 1.82) is 0 Å². The minimum Gasteiger partial charge on any atom is -0.493 e. The first kappa shape index (κ1) is 17.1. The zero-order valence-corrected chi connectivity index (χ0v) is 14.8. The van der Waals surface area contributed by atoms with Crippen molar-refractivity contribution in [3.8, 4) is 17.2 Å². The molecule has 0 saturated heterocycles. The average Bonchev–Trinajstić information content (AvgIpc) is 3.12. The van der Waals surface area contributed by atoms with Gasteiger partial charge in [0.15, 0.2) is 11.5 Å². The van der Waals surface area contributed by atoms with Crippen LogP contribution in [0.5, 0.6) is 17.2 Å². The largest absolute Gasteiger partial charge is 0.493 e. The zero-order chi connectivity index (χ0) is 17.8. The van der Waals surface area contributed by atoms with E-state index in [4.69, 9.17) is 14.2 Å². The summed E-state index contributed by atoms with van der Waals surface area (Å²) in [6, 6.07) is 9.63. The number of fused-ring (bicyclic) bond motifs is 1. The lowest BCUT2D eigenvalue weighted by atomic mass is 10.1. The molecule has 5 nitrogen and oxygen atoms in total. The van der Waals surface area contributed by atoms with E-state index in [9.17, 15) is 4.79 Å². The van der Waals surface area contributed by atoms with Gasteiger partial charge in [0.25, 0.3) is 5.91 Å². The summed E-state index contributed by atoms with van der Waals surface area (Å²) in [5.41, 5.74) is 4.17. The number of amides is 1. The second-order valence-electron chi connectivity index (χ2n) is 6.01. The zero-order valence-electron chi connectivity index (χ0n) is 14.8. The Morgan fingerprint density at radius 1 is 0.960 bits per heavy atom. The van der Waals surface area contributed by atoms with E-state index < -0.39 is 0 Å². The predicted molar refractivity (Wildman–Crippen MR) is 95.7 cm³/mol. The number of methoxy groups -OCH3 is 3. The SMILES string of the molecule is COc1ccc(CNC(=O)c2ccc3c(c2)CCC3)c(OC)c1OC. The van der Waals surface area contributed by atoms with Crippen LogP contribution in [0.25, 0.3) is 0 Å². The lowest BCUT2D eigenvalue weighted by Gasteiger charge is -2.16. The molecule has 25 heavy (non-hydrogen) atoms. The van der Waals surface area contributed by atoms with E-state index in [1.165, 1.54) is 17.5 Å². The van der Waals surface area contributed by atoms with Crippen molar-refractivity contribution >= 4 is 5.91 Å². The maximum Gasteiger partial charge on any atom is 0.251 e. The van der Waals surface area contributed by atoms with Gasteiger partial charge < -0.3 is 19.5 Å². The molecule has 0 heterocycles. The number of carbonyl (C=O) groups excluding carboxylic acids is 1. The summed E-state index contributed by atoms with van der Waals surface area (Å²) in [5, 5.41) is 2.95. The molecule has 0 fully saturated rings. The summed E-state index contributed by atoms with van der Waals surface area (Å²) in [4.78, 5) is 12.5. The molecule has 132 valence electrons. The van der Waals surface area contributed by atoms with Gasteiger partial charge >= 0.3 is 0 Å². The van der Waals surface area contributed by atoms with Crippen LogP contribution in [0.2, 0.25) is 0 Å². The number of aryl methyl sites for hydroxylation is 2. The van der Waals surface area contributed by atoms with E-state index in [1.807, 2.05) is 18.2 Å². The van der Waals surface area contributed by atoms with Gasteiger partial charge in [0, 0.05) is 17.7 Å². The molecule has 0 saturated carbocycles. The third-order valence-electron chi connectivity index (χ3n) is 4.59. The van der Waals surface area contributed by atoms with Crippen LogP contribution in [0.15, 0.2) is 30.3 Å². The van der Waals surface area contributed by atoms with Crippen LogP contribution in [-0.2, 0) is 19.4 Å². The highest BCUT2D eigenvalue weighted by atomic mass is 16.5. The molecule has 0 aliphatic heterocycles. The maximum atomic E-state index is 12.5. The van der Waals surface area contributed by atoms with Crippen LogP contribution in [0, 0.1) is 0 Å². The highest BCUT2D eigenvalue weighted by molar-refractivity contribution is 5.94. The van der Waals surface area contributed by atoms with Crippen molar-refractivity contribution in [3.05, 3.63) is 52.6 Å². The second-order valence-corrected chi connectivity index (χ2v) is 6.01. The molecule has 2 aromatic rings. The lowest BCUT2D eigenvalue weighted by molar-refractivity contribution is 0.0950. The van der Waals surface area contributed by atoms with Gasteiger partial charge in [0.05, 0.1) is 21.3 Å². The van der Waals surface area contributed by atoms with Crippen molar-refractivity contribution < 1.29 is 19.0 Å². The normalized spacial score (nSPS) is 12.4. The molecule has 5 heteroatoms. The van der Waals surface area contributed by atoms with Gasteiger partial charge in [-0.25, -0.2) is 0 Å². The van der Waals surface area contributed by atoms with Crippen LogP contribution in [0.1, 0.15) is 33.5 Å². The molecule has 1 amide bonds. The van der Waals surface area contributed by atoms with Gasteiger partial charge in [-0.2, -0.15) is 0 Å². The number of benzene rings is 2. The van der Waals surface area contributed by atoms with E-state index in [1.54, 1.807) is 27.4 Å². The first-order valence-corrected chi connectivity index (χ1v) is 8.35. The van der Waals surface area contributed by atoms with E-state index in [0.29, 0.717) is 29.4 Å². The summed E-state index contributed by atoms with van der Waals surface area (Å²) in [6.45, 7) is 0.347. The Balaban J connectivity index is 1.76. The Hall–Kier alpha value is -2.69. The molecule has 0 radical (unpaired) electrons. The molecule has 1 aliphatic rings. The van der Waals surface area contributed by atoms with Gasteiger partial charge in [0.1, 0.15) is 0 Å². The highest BCUT2D eigenvalue weighted by Crippen LogP contribution is 2.39. The van der Waals surface area contributed by atoms with Gasteiger partial charge in [0.2, 0.25) is 5.75 Å². The quantitative estimate of drug-likeness (QED) is 0.877. The number of hydrogen-bond donors (Lipinski definition) is 1. The van der Waals surface area contributed by atoms with Gasteiger partial charge in [-0.05, 0) is 54.7 Å².